The smallest absolute Gasteiger partial charge is 0.273 e. The van der Waals surface area contributed by atoms with E-state index in [0.29, 0.717) is 16.8 Å². The number of non-ortho nitro benzene ring substituents is 1. The molecule has 0 radical (unpaired) electrons. The summed E-state index contributed by atoms with van der Waals surface area (Å²) < 4.78 is 6.31. The molecular formula is C13H14BrN3O3S. The van der Waals surface area contributed by atoms with Gasteiger partial charge in [0.15, 0.2) is 5.13 Å². The Kier molecular flexibility index (Phi) is 5.51. The van der Waals surface area contributed by atoms with Crippen molar-refractivity contribution in [2.45, 2.75) is 20.0 Å². The monoisotopic (exact) mass is 371 g/mol. The molecule has 1 aromatic heterocycles. The van der Waals surface area contributed by atoms with Gasteiger partial charge >= 0.3 is 0 Å². The minimum absolute atomic E-state index is 0.00260. The summed E-state index contributed by atoms with van der Waals surface area (Å²) in [5.41, 5.74) is 0.00260. The van der Waals surface area contributed by atoms with Gasteiger partial charge in [-0.15, -0.1) is 0 Å². The fourth-order valence-corrected chi connectivity index (χ4v) is 2.67. The van der Waals surface area contributed by atoms with Gasteiger partial charge in [0.1, 0.15) is 12.4 Å². The number of aromatic nitrogens is 1. The Hall–Kier alpha value is -1.67. The second kappa shape index (κ2) is 7.37. The van der Waals surface area contributed by atoms with Crippen LogP contribution >= 0.6 is 27.3 Å². The lowest BCUT2D eigenvalue weighted by atomic mass is 10.3. The van der Waals surface area contributed by atoms with Gasteiger partial charge in [0.2, 0.25) is 0 Å². The summed E-state index contributed by atoms with van der Waals surface area (Å²) in [6.45, 7) is 3.29. The number of hydrogen-bond acceptors (Lipinski definition) is 6. The number of anilines is 1. The number of benzene rings is 1. The molecule has 0 saturated heterocycles. The van der Waals surface area contributed by atoms with Crippen molar-refractivity contribution in [3.05, 3.63) is 43.9 Å². The van der Waals surface area contributed by atoms with Gasteiger partial charge in [-0.3, -0.25) is 10.1 Å². The Morgan fingerprint density at radius 2 is 2.33 bits per heavy atom. The van der Waals surface area contributed by atoms with Crippen molar-refractivity contribution in [1.29, 1.82) is 0 Å². The molecule has 112 valence electrons. The highest BCUT2D eigenvalue weighted by atomic mass is 79.9. The van der Waals surface area contributed by atoms with E-state index in [4.69, 9.17) is 4.74 Å². The highest BCUT2D eigenvalue weighted by Gasteiger charge is 2.11. The van der Waals surface area contributed by atoms with Gasteiger partial charge in [0.25, 0.3) is 5.69 Å². The summed E-state index contributed by atoms with van der Waals surface area (Å²) in [6.07, 6.45) is 2.78. The lowest BCUT2D eigenvalue weighted by Crippen LogP contribution is -1.98. The Morgan fingerprint density at radius 1 is 1.52 bits per heavy atom. The summed E-state index contributed by atoms with van der Waals surface area (Å²) in [6, 6.07) is 4.44. The Bertz CT molecular complexity index is 633. The number of ether oxygens (including phenoxy) is 1. The van der Waals surface area contributed by atoms with E-state index < -0.39 is 4.92 Å². The van der Waals surface area contributed by atoms with E-state index in [0.717, 1.165) is 23.0 Å². The first kappa shape index (κ1) is 15.7. The third-order valence-electron chi connectivity index (χ3n) is 2.58. The largest absolute Gasteiger partial charge is 0.487 e. The Labute approximate surface area is 134 Å². The van der Waals surface area contributed by atoms with Crippen LogP contribution in [0.5, 0.6) is 5.75 Å². The van der Waals surface area contributed by atoms with Gasteiger partial charge in [-0.1, -0.05) is 18.3 Å². The number of thiazole rings is 1. The zero-order chi connectivity index (χ0) is 15.2. The summed E-state index contributed by atoms with van der Waals surface area (Å²) >= 11 is 4.83. The van der Waals surface area contributed by atoms with Crippen LogP contribution < -0.4 is 10.1 Å². The quantitative estimate of drug-likeness (QED) is 0.582. The van der Waals surface area contributed by atoms with Crippen LogP contribution in [-0.2, 0) is 6.61 Å². The highest BCUT2D eigenvalue weighted by Crippen LogP contribution is 2.30. The minimum atomic E-state index is -0.446. The van der Waals surface area contributed by atoms with Gasteiger partial charge < -0.3 is 10.1 Å². The molecule has 0 aliphatic carbocycles. The molecule has 0 saturated carbocycles. The van der Waals surface area contributed by atoms with Crippen molar-refractivity contribution in [1.82, 2.24) is 4.98 Å². The molecule has 0 aliphatic rings. The maximum Gasteiger partial charge on any atom is 0.273 e. The summed E-state index contributed by atoms with van der Waals surface area (Å²) in [5.74, 6) is 0.445. The maximum absolute atomic E-state index is 10.8. The predicted molar refractivity (Wildman–Crippen MR) is 86.0 cm³/mol. The van der Waals surface area contributed by atoms with Crippen LogP contribution in [0, 0.1) is 10.1 Å². The van der Waals surface area contributed by atoms with Crippen molar-refractivity contribution < 1.29 is 9.66 Å². The van der Waals surface area contributed by atoms with Crippen LogP contribution in [0.2, 0.25) is 0 Å². The molecule has 1 N–H and O–H groups in total. The van der Waals surface area contributed by atoms with Crippen LogP contribution in [0.3, 0.4) is 0 Å². The Balaban J connectivity index is 2.00. The number of nitro benzene ring substituents is 1. The molecule has 0 amide bonds. The van der Waals surface area contributed by atoms with Crippen LogP contribution in [0.15, 0.2) is 28.9 Å². The predicted octanol–water partition coefficient (Wildman–Crippen LogP) is 4.21. The molecule has 0 spiro atoms. The summed E-state index contributed by atoms with van der Waals surface area (Å²) in [5, 5.41) is 14.8. The molecular weight excluding hydrogens is 358 g/mol. The summed E-state index contributed by atoms with van der Waals surface area (Å²) in [7, 11) is 0. The van der Waals surface area contributed by atoms with E-state index in [9.17, 15) is 10.1 Å². The van der Waals surface area contributed by atoms with Crippen LogP contribution in [0.1, 0.15) is 18.2 Å². The van der Waals surface area contributed by atoms with Gasteiger partial charge in [0.05, 0.1) is 20.3 Å². The van der Waals surface area contributed by atoms with Crippen molar-refractivity contribution in [3.63, 3.8) is 0 Å². The lowest BCUT2D eigenvalue weighted by Gasteiger charge is -2.06. The van der Waals surface area contributed by atoms with Gasteiger partial charge in [-0.05, 0) is 28.4 Å². The zero-order valence-electron chi connectivity index (χ0n) is 11.3. The number of rotatable bonds is 7. The summed E-state index contributed by atoms with van der Waals surface area (Å²) in [4.78, 5) is 15.5. The van der Waals surface area contributed by atoms with E-state index in [2.05, 4.69) is 33.2 Å². The van der Waals surface area contributed by atoms with E-state index in [1.54, 1.807) is 12.3 Å². The van der Waals surface area contributed by atoms with E-state index in [1.165, 1.54) is 23.5 Å². The molecule has 1 aromatic carbocycles. The number of nitrogens with zero attached hydrogens (tertiary/aromatic N) is 2. The standard InChI is InChI=1S/C13H14BrN3O3S/c1-2-5-15-13-16-7-10(21-13)8-20-12-6-9(17(18)19)3-4-11(12)14/h3-4,6-7H,2,5,8H2,1H3,(H,15,16). The molecule has 2 rings (SSSR count). The molecule has 21 heavy (non-hydrogen) atoms. The van der Waals surface area contributed by atoms with Crippen molar-refractivity contribution in [3.8, 4) is 5.75 Å². The third-order valence-corrected chi connectivity index (χ3v) is 4.16. The second-order valence-corrected chi connectivity index (χ2v) is 6.19. The number of nitrogens with one attached hydrogen (secondary N) is 1. The first-order chi connectivity index (χ1) is 10.1. The first-order valence-electron chi connectivity index (χ1n) is 6.35. The molecule has 0 atom stereocenters. The molecule has 0 unspecified atom stereocenters. The van der Waals surface area contributed by atoms with Crippen molar-refractivity contribution in [2.75, 3.05) is 11.9 Å². The minimum Gasteiger partial charge on any atom is -0.487 e. The van der Waals surface area contributed by atoms with E-state index in [1.807, 2.05) is 0 Å². The first-order valence-corrected chi connectivity index (χ1v) is 7.96. The SMILES string of the molecule is CCCNc1ncc(COc2cc([N+](=O)[O-])ccc2Br)s1. The maximum atomic E-state index is 10.8. The fraction of sp³-hybridized carbons (Fsp3) is 0.308. The molecule has 8 heteroatoms. The van der Waals surface area contributed by atoms with Crippen molar-refractivity contribution in [2.24, 2.45) is 0 Å². The average molecular weight is 372 g/mol. The van der Waals surface area contributed by atoms with Gasteiger partial charge in [0, 0.05) is 18.8 Å². The number of nitro groups is 1. The molecule has 0 fully saturated rings. The van der Waals surface area contributed by atoms with Crippen molar-refractivity contribution >= 4 is 38.1 Å². The topological polar surface area (TPSA) is 77.3 Å². The molecule has 6 nitrogen and oxygen atoms in total. The van der Waals surface area contributed by atoms with Gasteiger partial charge in [-0.2, -0.15) is 0 Å². The normalized spacial score (nSPS) is 10.4. The lowest BCUT2D eigenvalue weighted by molar-refractivity contribution is -0.385. The number of halogens is 1. The molecule has 0 aliphatic heterocycles. The van der Waals surface area contributed by atoms with E-state index in [-0.39, 0.29) is 5.69 Å². The van der Waals surface area contributed by atoms with Crippen LogP contribution in [0.25, 0.3) is 0 Å². The second-order valence-electron chi connectivity index (χ2n) is 4.22. The molecule has 0 bridgehead atoms. The molecule has 2 aromatic rings. The third kappa shape index (κ3) is 4.40. The van der Waals surface area contributed by atoms with E-state index >= 15 is 0 Å². The van der Waals surface area contributed by atoms with Crippen LogP contribution in [0.4, 0.5) is 10.8 Å². The average Bonchev–Trinajstić information content (AvgIpc) is 2.92. The van der Waals surface area contributed by atoms with Crippen LogP contribution in [-0.4, -0.2) is 16.5 Å². The van der Waals surface area contributed by atoms with Gasteiger partial charge in [-0.25, -0.2) is 4.98 Å². The fourth-order valence-electron chi connectivity index (χ4n) is 1.55. The zero-order valence-corrected chi connectivity index (χ0v) is 13.7. The highest BCUT2D eigenvalue weighted by molar-refractivity contribution is 9.10. The Morgan fingerprint density at radius 3 is 3.05 bits per heavy atom. The molecule has 1 heterocycles. The number of hydrogen-bond donors (Lipinski definition) is 1.